The van der Waals surface area contributed by atoms with E-state index in [0.717, 1.165) is 23.4 Å². The van der Waals surface area contributed by atoms with Gasteiger partial charge in [0.2, 0.25) is 0 Å². The zero-order chi connectivity index (χ0) is 13.0. The molecule has 2 nitrogen and oxygen atoms in total. The number of hydrogen-bond acceptors (Lipinski definition) is 3. The molecule has 0 aliphatic carbocycles. The molecule has 0 saturated carbocycles. The van der Waals surface area contributed by atoms with Crippen LogP contribution in [-0.4, -0.2) is 0 Å². The van der Waals surface area contributed by atoms with E-state index < -0.39 is 0 Å². The van der Waals surface area contributed by atoms with E-state index in [0.29, 0.717) is 0 Å². The summed E-state index contributed by atoms with van der Waals surface area (Å²) < 4.78 is 0. The Morgan fingerprint density at radius 2 is 1.94 bits per heavy atom. The maximum absolute atomic E-state index is 6.20. The van der Waals surface area contributed by atoms with Gasteiger partial charge in [-0.15, -0.1) is 11.3 Å². The maximum Gasteiger partial charge on any atom is 0.0522 e. The van der Waals surface area contributed by atoms with Crippen LogP contribution in [0.1, 0.15) is 28.3 Å². The lowest BCUT2D eigenvalue weighted by atomic mass is 10.0. The topological polar surface area (TPSA) is 38.0 Å². The number of rotatable bonds is 5. The third kappa shape index (κ3) is 3.12. The van der Waals surface area contributed by atoms with E-state index in [9.17, 15) is 0 Å². The molecule has 0 radical (unpaired) electrons. The number of thiophene rings is 1. The van der Waals surface area contributed by atoms with Crippen LogP contribution in [0.15, 0.2) is 36.4 Å². The first-order valence-electron chi connectivity index (χ1n) is 6.02. The van der Waals surface area contributed by atoms with E-state index in [2.05, 4.69) is 24.5 Å². The zero-order valence-corrected chi connectivity index (χ0v) is 11.9. The number of hydrogen-bond donors (Lipinski definition) is 2. The maximum atomic E-state index is 6.20. The summed E-state index contributed by atoms with van der Waals surface area (Å²) >= 11 is 8.04. The highest BCUT2D eigenvalue weighted by atomic mass is 35.5. The average Bonchev–Trinajstić information content (AvgIpc) is 2.85. The molecule has 0 spiro atoms. The van der Waals surface area contributed by atoms with Gasteiger partial charge in [-0.05, 0) is 30.2 Å². The van der Waals surface area contributed by atoms with Crippen LogP contribution in [0.25, 0.3) is 0 Å². The summed E-state index contributed by atoms with van der Waals surface area (Å²) in [6.07, 6.45) is 1.95. The summed E-state index contributed by atoms with van der Waals surface area (Å²) in [6.45, 7) is 2.17. The molecule has 3 N–H and O–H groups in total. The van der Waals surface area contributed by atoms with E-state index in [-0.39, 0.29) is 6.04 Å². The van der Waals surface area contributed by atoms with Gasteiger partial charge in [0.05, 0.1) is 6.04 Å². The standard InChI is InChI=1S/C14H17ClN2S/c1-2-10-7-8-11(18-10)9-14(17-16)12-5-3-4-6-13(12)15/h3-8,14,17H,2,9,16H2,1H3. The SMILES string of the molecule is CCc1ccc(CC(NN)c2ccccc2Cl)s1. The largest absolute Gasteiger partial charge is 0.271 e. The van der Waals surface area contributed by atoms with Crippen molar-refractivity contribution in [2.24, 2.45) is 5.84 Å². The first-order chi connectivity index (χ1) is 8.74. The Labute approximate surface area is 117 Å². The highest BCUT2D eigenvalue weighted by molar-refractivity contribution is 7.11. The van der Waals surface area contributed by atoms with Crippen LogP contribution >= 0.6 is 22.9 Å². The third-order valence-corrected chi connectivity index (χ3v) is 4.55. The van der Waals surface area contributed by atoms with Crippen molar-refractivity contribution in [3.63, 3.8) is 0 Å². The van der Waals surface area contributed by atoms with Crippen LogP contribution in [0.4, 0.5) is 0 Å². The fourth-order valence-electron chi connectivity index (χ4n) is 1.94. The molecule has 0 saturated heterocycles. The smallest absolute Gasteiger partial charge is 0.0522 e. The molecule has 2 aromatic rings. The number of aryl methyl sites for hydroxylation is 1. The highest BCUT2D eigenvalue weighted by Gasteiger charge is 2.14. The lowest BCUT2D eigenvalue weighted by Gasteiger charge is -2.16. The second-order valence-electron chi connectivity index (χ2n) is 4.17. The second kappa shape index (κ2) is 6.34. The molecule has 4 heteroatoms. The number of hydrazine groups is 1. The molecule has 0 aliphatic heterocycles. The summed E-state index contributed by atoms with van der Waals surface area (Å²) in [5, 5.41) is 0.757. The van der Waals surface area contributed by atoms with Crippen LogP contribution in [0.5, 0.6) is 0 Å². The Kier molecular flexibility index (Phi) is 4.78. The normalized spacial score (nSPS) is 12.6. The molecule has 1 unspecified atom stereocenters. The van der Waals surface area contributed by atoms with Gasteiger partial charge in [0.15, 0.2) is 0 Å². The van der Waals surface area contributed by atoms with Crippen LogP contribution in [0.2, 0.25) is 5.02 Å². The van der Waals surface area contributed by atoms with Crippen LogP contribution < -0.4 is 11.3 Å². The molecule has 18 heavy (non-hydrogen) atoms. The fraction of sp³-hybridized carbons (Fsp3) is 0.286. The molecule has 2 rings (SSSR count). The molecule has 1 aromatic heterocycles. The number of halogens is 1. The molecule has 96 valence electrons. The van der Waals surface area contributed by atoms with E-state index in [1.807, 2.05) is 35.6 Å². The summed E-state index contributed by atoms with van der Waals surface area (Å²) in [7, 11) is 0. The van der Waals surface area contributed by atoms with Crippen LogP contribution in [0, 0.1) is 0 Å². The Balaban J connectivity index is 2.17. The highest BCUT2D eigenvalue weighted by Crippen LogP contribution is 2.27. The van der Waals surface area contributed by atoms with Gasteiger partial charge in [0, 0.05) is 21.2 Å². The lowest BCUT2D eigenvalue weighted by Crippen LogP contribution is -2.29. The minimum absolute atomic E-state index is 0.0575. The summed E-state index contributed by atoms with van der Waals surface area (Å²) in [6, 6.07) is 12.2. The summed E-state index contributed by atoms with van der Waals surface area (Å²) in [5.41, 5.74) is 3.91. The minimum atomic E-state index is 0.0575. The second-order valence-corrected chi connectivity index (χ2v) is 5.83. The van der Waals surface area contributed by atoms with E-state index in [4.69, 9.17) is 17.4 Å². The summed E-state index contributed by atoms with van der Waals surface area (Å²) in [4.78, 5) is 2.73. The monoisotopic (exact) mass is 280 g/mol. The van der Waals surface area contributed by atoms with Crippen LogP contribution in [0.3, 0.4) is 0 Å². The molecule has 0 amide bonds. The van der Waals surface area contributed by atoms with Gasteiger partial charge in [-0.1, -0.05) is 36.7 Å². The zero-order valence-electron chi connectivity index (χ0n) is 10.3. The van der Waals surface area contributed by atoms with Gasteiger partial charge in [-0.3, -0.25) is 11.3 Å². The third-order valence-electron chi connectivity index (χ3n) is 2.95. The first-order valence-corrected chi connectivity index (χ1v) is 7.22. The molecule has 0 fully saturated rings. The summed E-state index contributed by atoms with van der Waals surface area (Å²) in [5.74, 6) is 5.66. The van der Waals surface area contributed by atoms with Gasteiger partial charge in [-0.25, -0.2) is 0 Å². The molecule has 0 aliphatic rings. The van der Waals surface area contributed by atoms with Crippen molar-refractivity contribution >= 4 is 22.9 Å². The van der Waals surface area contributed by atoms with Crippen molar-refractivity contribution in [1.82, 2.24) is 5.43 Å². The lowest BCUT2D eigenvalue weighted by molar-refractivity contribution is 0.556. The fourth-order valence-corrected chi connectivity index (χ4v) is 3.21. The number of nitrogens with two attached hydrogens (primary N) is 1. The van der Waals surface area contributed by atoms with E-state index in [1.54, 1.807) is 0 Å². The number of nitrogens with one attached hydrogen (secondary N) is 1. The van der Waals surface area contributed by atoms with Crippen molar-refractivity contribution in [2.75, 3.05) is 0 Å². The van der Waals surface area contributed by atoms with Crippen molar-refractivity contribution in [3.05, 3.63) is 56.7 Å². The van der Waals surface area contributed by atoms with Crippen molar-refractivity contribution < 1.29 is 0 Å². The predicted octanol–water partition coefficient (Wildman–Crippen LogP) is 3.71. The van der Waals surface area contributed by atoms with Crippen molar-refractivity contribution in [2.45, 2.75) is 25.8 Å². The quantitative estimate of drug-likeness (QED) is 0.647. The molecular formula is C14H17ClN2S. The average molecular weight is 281 g/mol. The van der Waals surface area contributed by atoms with Gasteiger partial charge in [0.1, 0.15) is 0 Å². The van der Waals surface area contributed by atoms with E-state index in [1.165, 1.54) is 9.75 Å². The Morgan fingerprint density at radius 3 is 2.56 bits per heavy atom. The molecular weight excluding hydrogens is 264 g/mol. The van der Waals surface area contributed by atoms with Gasteiger partial charge < -0.3 is 0 Å². The molecule has 1 heterocycles. The van der Waals surface area contributed by atoms with Crippen LogP contribution in [-0.2, 0) is 12.8 Å². The van der Waals surface area contributed by atoms with Gasteiger partial charge >= 0.3 is 0 Å². The molecule has 0 bridgehead atoms. The van der Waals surface area contributed by atoms with Crippen molar-refractivity contribution in [1.29, 1.82) is 0 Å². The molecule has 1 atom stereocenters. The van der Waals surface area contributed by atoms with Gasteiger partial charge in [-0.2, -0.15) is 0 Å². The predicted molar refractivity (Wildman–Crippen MR) is 78.9 cm³/mol. The van der Waals surface area contributed by atoms with E-state index >= 15 is 0 Å². The first kappa shape index (κ1) is 13.6. The minimum Gasteiger partial charge on any atom is -0.271 e. The number of benzene rings is 1. The van der Waals surface area contributed by atoms with Gasteiger partial charge in [0.25, 0.3) is 0 Å². The Morgan fingerprint density at radius 1 is 1.22 bits per heavy atom. The molecule has 1 aromatic carbocycles. The Hall–Kier alpha value is -0.870. The van der Waals surface area contributed by atoms with Crippen molar-refractivity contribution in [3.8, 4) is 0 Å². The Bertz CT molecular complexity index is 510.